The Kier molecular flexibility index (Phi) is 8.16. The molecular formula is C31H41N5O4S. The minimum absolute atomic E-state index is 0.0230. The molecule has 0 spiro atoms. The number of likely N-dealkylation sites (N-methyl/N-ethyl adjacent to an activating group) is 1. The third-order valence-electron chi connectivity index (χ3n) is 9.07. The van der Waals surface area contributed by atoms with Crippen molar-refractivity contribution in [1.82, 2.24) is 20.1 Å². The molecule has 10 heteroatoms. The van der Waals surface area contributed by atoms with Crippen LogP contribution in [0.5, 0.6) is 0 Å². The molecule has 0 unspecified atom stereocenters. The first-order chi connectivity index (χ1) is 19.8. The van der Waals surface area contributed by atoms with Crippen LogP contribution in [0.1, 0.15) is 50.4 Å². The number of nitrogens with one attached hydrogen (secondary N) is 1. The molecule has 0 radical (unpaired) electrons. The van der Waals surface area contributed by atoms with Gasteiger partial charge in [0.2, 0.25) is 5.91 Å². The lowest BCUT2D eigenvalue weighted by Crippen LogP contribution is -2.52. The van der Waals surface area contributed by atoms with Gasteiger partial charge in [0.25, 0.3) is 5.91 Å². The summed E-state index contributed by atoms with van der Waals surface area (Å²) in [4.78, 5) is 51.2. The van der Waals surface area contributed by atoms with E-state index < -0.39 is 12.1 Å². The molecule has 4 aliphatic rings. The standard InChI is InChI=1S/C31H41N5O4S/c1-4-34-11-13-35(14-12-34)31-33-25(18-41-31)21-7-9-22(10-8-21)29(38)32-24(15-19(2)3)30(39)36-16-23(20-5-6-20)28-27(36)26(37)17-40-28/h7-10,18-20,23-24,27-28H,4-6,11-17H2,1-3H3,(H,32,38)/t23-,24+,27-,28-/m1/s1. The van der Waals surface area contributed by atoms with E-state index in [9.17, 15) is 14.4 Å². The SMILES string of the molecule is CCN1CCN(c2nc(-c3ccc(C(=O)N[C@@H](CC(C)C)C(=O)N4C[C@H](C5CC5)[C@H]5OCC(=O)[C@H]54)cc3)cs2)CC1. The number of hydrogen-bond acceptors (Lipinski definition) is 8. The number of aromatic nitrogens is 1. The Labute approximate surface area is 246 Å². The van der Waals surface area contributed by atoms with E-state index in [0.29, 0.717) is 24.4 Å². The molecule has 1 aromatic heterocycles. The summed E-state index contributed by atoms with van der Waals surface area (Å²) in [5, 5.41) is 6.11. The second-order valence-electron chi connectivity index (χ2n) is 12.3. The summed E-state index contributed by atoms with van der Waals surface area (Å²) >= 11 is 1.65. The molecule has 220 valence electrons. The van der Waals surface area contributed by atoms with Gasteiger partial charge in [-0.05, 0) is 49.8 Å². The van der Waals surface area contributed by atoms with Crippen LogP contribution in [0.3, 0.4) is 0 Å². The highest BCUT2D eigenvalue weighted by molar-refractivity contribution is 7.14. The number of carbonyl (C=O) groups excluding carboxylic acids is 3. The Morgan fingerprint density at radius 1 is 1.12 bits per heavy atom. The van der Waals surface area contributed by atoms with Crippen molar-refractivity contribution in [3.05, 3.63) is 35.2 Å². The first-order valence-electron chi connectivity index (χ1n) is 15.1. The van der Waals surface area contributed by atoms with Crippen LogP contribution in [0, 0.1) is 17.8 Å². The minimum Gasteiger partial charge on any atom is -0.367 e. The topological polar surface area (TPSA) is 95.1 Å². The van der Waals surface area contributed by atoms with Gasteiger partial charge in [-0.2, -0.15) is 0 Å². The van der Waals surface area contributed by atoms with E-state index in [4.69, 9.17) is 9.72 Å². The lowest BCUT2D eigenvalue weighted by Gasteiger charge is -2.33. The third kappa shape index (κ3) is 5.92. The van der Waals surface area contributed by atoms with Crippen molar-refractivity contribution in [2.45, 2.75) is 58.2 Å². The van der Waals surface area contributed by atoms with Gasteiger partial charge in [-0.15, -0.1) is 11.3 Å². The highest BCUT2D eigenvalue weighted by atomic mass is 32.1. The summed E-state index contributed by atoms with van der Waals surface area (Å²) < 4.78 is 5.85. The van der Waals surface area contributed by atoms with E-state index in [1.54, 1.807) is 28.4 Å². The summed E-state index contributed by atoms with van der Waals surface area (Å²) in [5.74, 6) is 0.462. The number of hydrogen-bond donors (Lipinski definition) is 1. The number of benzene rings is 1. The maximum Gasteiger partial charge on any atom is 0.251 e. The molecule has 1 aromatic carbocycles. The van der Waals surface area contributed by atoms with Gasteiger partial charge in [-0.25, -0.2) is 4.98 Å². The van der Waals surface area contributed by atoms with Gasteiger partial charge in [-0.1, -0.05) is 32.9 Å². The predicted molar refractivity (Wildman–Crippen MR) is 159 cm³/mol. The zero-order valence-corrected chi connectivity index (χ0v) is 25.1. The smallest absolute Gasteiger partial charge is 0.251 e. The van der Waals surface area contributed by atoms with E-state index in [-0.39, 0.29) is 42.1 Å². The number of amides is 2. The lowest BCUT2D eigenvalue weighted by molar-refractivity contribution is -0.138. The number of carbonyl (C=O) groups is 3. The molecular weight excluding hydrogens is 538 g/mol. The quantitative estimate of drug-likeness (QED) is 0.487. The van der Waals surface area contributed by atoms with Crippen molar-refractivity contribution in [3.8, 4) is 11.3 Å². The van der Waals surface area contributed by atoms with Crippen molar-refractivity contribution in [3.63, 3.8) is 0 Å². The maximum absolute atomic E-state index is 13.8. The van der Waals surface area contributed by atoms with Crippen LogP contribution in [-0.4, -0.2) is 96.4 Å². The van der Waals surface area contributed by atoms with Gasteiger partial charge in [0, 0.05) is 55.1 Å². The third-order valence-corrected chi connectivity index (χ3v) is 9.97. The fraction of sp³-hybridized carbons (Fsp3) is 0.613. The van der Waals surface area contributed by atoms with Crippen LogP contribution in [0.15, 0.2) is 29.6 Å². The Hall–Kier alpha value is -2.82. The van der Waals surface area contributed by atoms with Gasteiger partial charge in [-0.3, -0.25) is 14.4 Å². The largest absolute Gasteiger partial charge is 0.367 e. The van der Waals surface area contributed by atoms with Crippen molar-refractivity contribution in [2.24, 2.45) is 17.8 Å². The Balaban J connectivity index is 1.12. The van der Waals surface area contributed by atoms with Gasteiger partial charge in [0.1, 0.15) is 18.7 Å². The van der Waals surface area contributed by atoms with Crippen LogP contribution < -0.4 is 10.2 Å². The van der Waals surface area contributed by atoms with E-state index in [1.807, 2.05) is 26.0 Å². The molecule has 4 atom stereocenters. The highest BCUT2D eigenvalue weighted by Gasteiger charge is 2.56. The first kappa shape index (κ1) is 28.3. The molecule has 0 bridgehead atoms. The van der Waals surface area contributed by atoms with Crippen LogP contribution in [0.25, 0.3) is 11.3 Å². The Bertz CT molecular complexity index is 1270. The molecule has 2 amide bonds. The summed E-state index contributed by atoms with van der Waals surface area (Å²) in [6, 6.07) is 6.22. The highest BCUT2D eigenvalue weighted by Crippen LogP contribution is 2.46. The zero-order valence-electron chi connectivity index (χ0n) is 24.3. The monoisotopic (exact) mass is 579 g/mol. The number of likely N-dealkylation sites (tertiary alicyclic amines) is 1. The fourth-order valence-electron chi connectivity index (χ4n) is 6.58. The van der Waals surface area contributed by atoms with Crippen molar-refractivity contribution < 1.29 is 19.1 Å². The zero-order chi connectivity index (χ0) is 28.7. The van der Waals surface area contributed by atoms with Crippen LogP contribution in [-0.2, 0) is 14.3 Å². The summed E-state index contributed by atoms with van der Waals surface area (Å²) in [6.07, 6.45) is 2.57. The van der Waals surface area contributed by atoms with E-state index in [2.05, 4.69) is 27.4 Å². The molecule has 3 aliphatic heterocycles. The minimum atomic E-state index is -0.691. The number of nitrogens with zero attached hydrogens (tertiary/aromatic N) is 4. The Morgan fingerprint density at radius 2 is 1.85 bits per heavy atom. The number of Topliss-reactive ketones (excluding diaryl/α,β-unsaturated/α-hetero) is 1. The predicted octanol–water partition coefficient (Wildman–Crippen LogP) is 3.30. The summed E-state index contributed by atoms with van der Waals surface area (Å²) in [5.41, 5.74) is 2.36. The molecule has 41 heavy (non-hydrogen) atoms. The van der Waals surface area contributed by atoms with Crippen molar-refractivity contribution in [2.75, 3.05) is 50.8 Å². The van der Waals surface area contributed by atoms with Gasteiger partial charge in [0.15, 0.2) is 10.9 Å². The Morgan fingerprint density at radius 3 is 2.51 bits per heavy atom. The number of ether oxygens (including phenoxy) is 1. The molecule has 4 heterocycles. The summed E-state index contributed by atoms with van der Waals surface area (Å²) in [6.45, 7) is 12.0. The average molecular weight is 580 g/mol. The second-order valence-corrected chi connectivity index (χ2v) is 13.2. The first-order valence-corrected chi connectivity index (χ1v) is 16.0. The van der Waals surface area contributed by atoms with Crippen LogP contribution >= 0.6 is 11.3 Å². The van der Waals surface area contributed by atoms with Crippen LogP contribution in [0.2, 0.25) is 0 Å². The number of anilines is 1. The number of thiazole rings is 1. The molecule has 3 saturated heterocycles. The molecule has 6 rings (SSSR count). The van der Waals surface area contributed by atoms with Gasteiger partial charge < -0.3 is 24.8 Å². The second kappa shape index (κ2) is 11.8. The normalized spacial score (nSPS) is 25.6. The number of rotatable bonds is 9. The molecule has 1 N–H and O–H groups in total. The molecule has 4 fully saturated rings. The molecule has 1 aliphatic carbocycles. The van der Waals surface area contributed by atoms with Crippen molar-refractivity contribution >= 4 is 34.1 Å². The van der Waals surface area contributed by atoms with E-state index in [1.165, 1.54) is 0 Å². The summed E-state index contributed by atoms with van der Waals surface area (Å²) in [7, 11) is 0. The molecule has 2 aromatic rings. The lowest BCUT2D eigenvalue weighted by atomic mass is 9.97. The number of fused-ring (bicyclic) bond motifs is 1. The van der Waals surface area contributed by atoms with Crippen molar-refractivity contribution in [1.29, 1.82) is 0 Å². The van der Waals surface area contributed by atoms with E-state index >= 15 is 0 Å². The maximum atomic E-state index is 13.8. The number of ketones is 1. The average Bonchev–Trinajstić information content (AvgIpc) is 3.39. The van der Waals surface area contributed by atoms with Gasteiger partial charge in [0.05, 0.1) is 11.8 Å². The number of piperazine rings is 1. The van der Waals surface area contributed by atoms with Crippen LogP contribution in [0.4, 0.5) is 5.13 Å². The van der Waals surface area contributed by atoms with Gasteiger partial charge >= 0.3 is 0 Å². The fourth-order valence-corrected chi connectivity index (χ4v) is 7.47. The molecule has 9 nitrogen and oxygen atoms in total. The van der Waals surface area contributed by atoms with E-state index in [0.717, 1.165) is 62.0 Å². The molecule has 1 saturated carbocycles.